The summed E-state index contributed by atoms with van der Waals surface area (Å²) in [4.78, 5) is 0. The molecule has 0 radical (unpaired) electrons. The van der Waals surface area contributed by atoms with Crippen molar-refractivity contribution in [3.05, 3.63) is 54.1 Å². The Kier molecular flexibility index (Phi) is 2.39. The highest BCUT2D eigenvalue weighted by atomic mass is 19.1. The lowest BCUT2D eigenvalue weighted by molar-refractivity contribution is -0.660. The summed E-state index contributed by atoms with van der Waals surface area (Å²) >= 11 is 0. The molecule has 3 heterocycles. The molecule has 0 bridgehead atoms. The van der Waals surface area contributed by atoms with Crippen molar-refractivity contribution in [1.29, 1.82) is 0 Å². The van der Waals surface area contributed by atoms with Gasteiger partial charge < -0.3 is 4.42 Å². The second kappa shape index (κ2) is 4.15. The lowest BCUT2D eigenvalue weighted by Crippen LogP contribution is -2.30. The maximum atomic E-state index is 14.4. The van der Waals surface area contributed by atoms with Gasteiger partial charge in [-0.25, -0.2) is 8.96 Å². The Balaban J connectivity index is 2.21. The minimum Gasteiger partial charge on any atom is -0.436 e. The molecule has 0 fully saturated rings. The summed E-state index contributed by atoms with van der Waals surface area (Å²) in [7, 11) is 1.96. The maximum absolute atomic E-state index is 14.4. The van der Waals surface area contributed by atoms with Crippen molar-refractivity contribution in [1.82, 2.24) is 9.61 Å². The average Bonchev–Trinajstić information content (AvgIpc) is 3.00. The van der Waals surface area contributed by atoms with Gasteiger partial charge in [0.15, 0.2) is 17.6 Å². The normalized spacial score (nSPS) is 11.6. The Morgan fingerprint density at radius 1 is 1.29 bits per heavy atom. The second-order valence-electron chi connectivity index (χ2n) is 5.11. The fraction of sp³-hybridized carbons (Fsp3) is 0.125. The predicted molar refractivity (Wildman–Crippen MR) is 76.3 cm³/mol. The molecule has 104 valence electrons. The molecule has 4 rings (SSSR count). The van der Waals surface area contributed by atoms with Crippen LogP contribution in [0.3, 0.4) is 0 Å². The first kappa shape index (κ1) is 12.1. The van der Waals surface area contributed by atoms with Gasteiger partial charge in [-0.15, -0.1) is 0 Å². The number of oxazole rings is 1. The first-order valence-corrected chi connectivity index (χ1v) is 6.67. The number of benzene rings is 1. The number of aryl methyl sites for hydroxylation is 2. The van der Waals surface area contributed by atoms with Crippen LogP contribution in [0.25, 0.3) is 28.1 Å². The predicted octanol–water partition coefficient (Wildman–Crippen LogP) is 3.02. The fourth-order valence-corrected chi connectivity index (χ4v) is 2.78. The van der Waals surface area contributed by atoms with E-state index >= 15 is 0 Å². The second-order valence-corrected chi connectivity index (χ2v) is 5.11. The van der Waals surface area contributed by atoms with Gasteiger partial charge in [0.05, 0.1) is 11.8 Å². The van der Waals surface area contributed by atoms with Crippen molar-refractivity contribution in [2.45, 2.75) is 6.92 Å². The molecule has 0 N–H and O–H groups in total. The van der Waals surface area contributed by atoms with Crippen molar-refractivity contribution in [3.8, 4) is 11.3 Å². The largest absolute Gasteiger partial charge is 0.436 e. The van der Waals surface area contributed by atoms with Gasteiger partial charge in [0, 0.05) is 18.2 Å². The van der Waals surface area contributed by atoms with Crippen molar-refractivity contribution in [3.63, 3.8) is 0 Å². The molecule has 1 aromatic carbocycles. The molecule has 0 amide bonds. The standard InChI is InChI=1S/C16H13FN3O/c1-10-9-11(17)15-16(21-13-6-7-18-20(13)15)14(10)12-5-3-4-8-19(12)2/h3-9H,1-2H3/q+1. The SMILES string of the molecule is Cc1cc(F)c2c(oc3ccnn32)c1-c1cccc[n+]1C. The van der Waals surface area contributed by atoms with E-state index < -0.39 is 0 Å². The Hall–Kier alpha value is -2.69. The molecule has 0 atom stereocenters. The number of rotatable bonds is 1. The maximum Gasteiger partial charge on any atom is 0.222 e. The summed E-state index contributed by atoms with van der Waals surface area (Å²) in [5.41, 5.74) is 4.13. The number of halogens is 1. The minimum absolute atomic E-state index is 0.327. The van der Waals surface area contributed by atoms with E-state index in [2.05, 4.69) is 5.10 Å². The Morgan fingerprint density at radius 3 is 2.95 bits per heavy atom. The van der Waals surface area contributed by atoms with Crippen LogP contribution in [0.2, 0.25) is 0 Å². The van der Waals surface area contributed by atoms with Crippen LogP contribution < -0.4 is 4.57 Å². The van der Waals surface area contributed by atoms with Crippen molar-refractivity contribution in [2.24, 2.45) is 7.05 Å². The molecule has 0 aliphatic carbocycles. The van der Waals surface area contributed by atoms with Crippen LogP contribution >= 0.6 is 0 Å². The summed E-state index contributed by atoms with van der Waals surface area (Å²) < 4.78 is 23.7. The highest BCUT2D eigenvalue weighted by molar-refractivity contribution is 5.92. The van der Waals surface area contributed by atoms with E-state index in [9.17, 15) is 4.39 Å². The quantitative estimate of drug-likeness (QED) is 0.503. The van der Waals surface area contributed by atoms with Crippen molar-refractivity contribution in [2.75, 3.05) is 0 Å². The molecule has 0 saturated carbocycles. The zero-order chi connectivity index (χ0) is 14.6. The summed E-state index contributed by atoms with van der Waals surface area (Å²) in [5, 5.41) is 4.13. The van der Waals surface area contributed by atoms with Crippen LogP contribution in [0.4, 0.5) is 4.39 Å². The number of hydrogen-bond acceptors (Lipinski definition) is 2. The summed E-state index contributed by atoms with van der Waals surface area (Å²) in [6.45, 7) is 1.89. The van der Waals surface area contributed by atoms with E-state index in [1.807, 2.05) is 42.9 Å². The smallest absolute Gasteiger partial charge is 0.222 e. The van der Waals surface area contributed by atoms with E-state index in [1.165, 1.54) is 10.6 Å². The molecule has 0 spiro atoms. The van der Waals surface area contributed by atoms with Crippen molar-refractivity contribution < 1.29 is 13.4 Å². The first-order chi connectivity index (χ1) is 10.2. The van der Waals surface area contributed by atoms with E-state index in [4.69, 9.17) is 4.42 Å². The first-order valence-electron chi connectivity index (χ1n) is 6.67. The Bertz CT molecular complexity index is 984. The van der Waals surface area contributed by atoms with Crippen LogP contribution in [0.1, 0.15) is 5.56 Å². The monoisotopic (exact) mass is 282 g/mol. The third-order valence-electron chi connectivity index (χ3n) is 3.74. The van der Waals surface area contributed by atoms with Gasteiger partial charge in [0.2, 0.25) is 11.4 Å². The topological polar surface area (TPSA) is 34.3 Å². The number of nitrogens with zero attached hydrogens (tertiary/aromatic N) is 3. The molecule has 0 unspecified atom stereocenters. The molecular formula is C16H13FN3O+. The van der Waals surface area contributed by atoms with E-state index in [0.717, 1.165) is 16.8 Å². The molecule has 21 heavy (non-hydrogen) atoms. The number of hydrogen-bond donors (Lipinski definition) is 0. The molecule has 0 saturated heterocycles. The van der Waals surface area contributed by atoms with Gasteiger partial charge in [-0.1, -0.05) is 0 Å². The minimum atomic E-state index is -0.327. The zero-order valence-corrected chi connectivity index (χ0v) is 11.7. The number of pyridine rings is 1. The van der Waals surface area contributed by atoms with Crippen LogP contribution in [0, 0.1) is 12.7 Å². The molecule has 4 nitrogen and oxygen atoms in total. The molecule has 0 aliphatic rings. The molecule has 0 aliphatic heterocycles. The third kappa shape index (κ3) is 1.60. The van der Waals surface area contributed by atoms with E-state index in [1.54, 1.807) is 12.3 Å². The summed E-state index contributed by atoms with van der Waals surface area (Å²) in [6.07, 6.45) is 3.55. The fourth-order valence-electron chi connectivity index (χ4n) is 2.78. The average molecular weight is 282 g/mol. The molecule has 5 heteroatoms. The highest BCUT2D eigenvalue weighted by Gasteiger charge is 2.23. The third-order valence-corrected chi connectivity index (χ3v) is 3.74. The Labute approximate surface area is 120 Å². The summed E-state index contributed by atoms with van der Waals surface area (Å²) in [5.74, 6) is -0.327. The Morgan fingerprint density at radius 2 is 2.14 bits per heavy atom. The lowest BCUT2D eigenvalue weighted by atomic mass is 10.0. The van der Waals surface area contributed by atoms with Gasteiger partial charge >= 0.3 is 0 Å². The van der Waals surface area contributed by atoms with Gasteiger partial charge in [0.25, 0.3) is 0 Å². The zero-order valence-electron chi connectivity index (χ0n) is 11.7. The lowest BCUT2D eigenvalue weighted by Gasteiger charge is -2.05. The van der Waals surface area contributed by atoms with Crippen LogP contribution in [0.15, 0.2) is 47.1 Å². The van der Waals surface area contributed by atoms with Crippen LogP contribution in [-0.2, 0) is 7.05 Å². The van der Waals surface area contributed by atoms with Gasteiger partial charge in [-0.05, 0) is 24.6 Å². The number of fused-ring (bicyclic) bond motifs is 3. The summed E-state index contributed by atoms with van der Waals surface area (Å²) in [6, 6.07) is 9.16. The van der Waals surface area contributed by atoms with Gasteiger partial charge in [0.1, 0.15) is 12.6 Å². The molecule has 4 aromatic rings. The molecule has 3 aromatic heterocycles. The van der Waals surface area contributed by atoms with Crippen LogP contribution in [0.5, 0.6) is 0 Å². The highest BCUT2D eigenvalue weighted by Crippen LogP contribution is 2.33. The molecular weight excluding hydrogens is 269 g/mol. The van der Waals surface area contributed by atoms with Crippen LogP contribution in [-0.4, -0.2) is 9.61 Å². The number of aromatic nitrogens is 3. The van der Waals surface area contributed by atoms with Gasteiger partial charge in [-0.3, -0.25) is 0 Å². The van der Waals surface area contributed by atoms with E-state index in [0.29, 0.717) is 16.8 Å². The van der Waals surface area contributed by atoms with Gasteiger partial charge in [-0.2, -0.15) is 9.61 Å². The van der Waals surface area contributed by atoms with E-state index in [-0.39, 0.29) is 5.82 Å². The van der Waals surface area contributed by atoms with Crippen molar-refractivity contribution >= 4 is 16.8 Å².